The number of halogens is 2. The fourth-order valence-corrected chi connectivity index (χ4v) is 4.28. The number of hydrogen-bond donors (Lipinski definition) is 1. The fourth-order valence-electron chi connectivity index (χ4n) is 4.28. The fraction of sp³-hybridized carbons (Fsp3) is 0.214. The van der Waals surface area contributed by atoms with Gasteiger partial charge < -0.3 is 9.84 Å². The van der Waals surface area contributed by atoms with E-state index in [9.17, 15) is 23.5 Å². The van der Waals surface area contributed by atoms with E-state index < -0.39 is 35.1 Å². The van der Waals surface area contributed by atoms with Crippen molar-refractivity contribution in [1.82, 2.24) is 0 Å². The van der Waals surface area contributed by atoms with Crippen LogP contribution in [0.2, 0.25) is 0 Å². The minimum absolute atomic E-state index is 0.0348. The van der Waals surface area contributed by atoms with E-state index in [1.807, 2.05) is 20.8 Å². The van der Waals surface area contributed by atoms with Gasteiger partial charge in [-0.05, 0) is 66.9 Å². The highest BCUT2D eigenvalue weighted by atomic mass is 19.1. The Balaban J connectivity index is 1.94. The van der Waals surface area contributed by atoms with Gasteiger partial charge in [-0.3, -0.25) is 14.5 Å². The second-order valence-corrected chi connectivity index (χ2v) is 8.51. The lowest BCUT2D eigenvalue weighted by atomic mass is 9.93. The van der Waals surface area contributed by atoms with Crippen molar-refractivity contribution in [1.29, 1.82) is 0 Å². The van der Waals surface area contributed by atoms with Crippen LogP contribution in [0.4, 0.5) is 14.5 Å². The predicted molar refractivity (Wildman–Crippen MR) is 129 cm³/mol. The third-order valence-electron chi connectivity index (χ3n) is 5.95. The lowest BCUT2D eigenvalue weighted by Crippen LogP contribution is -2.29. The number of Topliss-reactive ketones (excluding diaryl/α,β-unsaturated/α-hetero) is 1. The van der Waals surface area contributed by atoms with Crippen LogP contribution in [0.25, 0.3) is 5.76 Å². The average Bonchev–Trinajstić information content (AvgIpc) is 3.10. The van der Waals surface area contributed by atoms with Crippen LogP contribution in [-0.2, 0) is 9.59 Å². The zero-order valence-corrected chi connectivity index (χ0v) is 19.6. The molecule has 1 heterocycles. The Hall–Kier alpha value is -4.00. The molecule has 1 atom stereocenters. The van der Waals surface area contributed by atoms with E-state index in [0.29, 0.717) is 17.9 Å². The Labute approximate surface area is 202 Å². The van der Waals surface area contributed by atoms with Crippen LogP contribution in [0.15, 0.2) is 72.3 Å². The summed E-state index contributed by atoms with van der Waals surface area (Å²) in [5.41, 5.74) is 1.10. The maximum absolute atomic E-state index is 15.0. The van der Waals surface area contributed by atoms with Crippen LogP contribution in [0.1, 0.15) is 49.4 Å². The van der Waals surface area contributed by atoms with Crippen molar-refractivity contribution >= 4 is 23.1 Å². The molecule has 0 radical (unpaired) electrons. The van der Waals surface area contributed by atoms with Gasteiger partial charge in [0.25, 0.3) is 11.7 Å². The average molecular weight is 478 g/mol. The predicted octanol–water partition coefficient (Wildman–Crippen LogP) is 6.11. The van der Waals surface area contributed by atoms with Gasteiger partial charge in [-0.15, -0.1) is 0 Å². The summed E-state index contributed by atoms with van der Waals surface area (Å²) in [7, 11) is 0. The maximum atomic E-state index is 15.0. The van der Waals surface area contributed by atoms with Gasteiger partial charge in [-0.2, -0.15) is 0 Å². The molecule has 7 heteroatoms. The summed E-state index contributed by atoms with van der Waals surface area (Å²) in [6.07, 6.45) is 0. The summed E-state index contributed by atoms with van der Waals surface area (Å²) in [6.45, 7) is 6.26. The van der Waals surface area contributed by atoms with E-state index in [4.69, 9.17) is 4.74 Å². The molecule has 1 unspecified atom stereocenters. The molecule has 0 aromatic heterocycles. The summed E-state index contributed by atoms with van der Waals surface area (Å²) in [6, 6.07) is 14.5. The number of carbonyl (C=O) groups excluding carboxylic acids is 2. The topological polar surface area (TPSA) is 66.8 Å². The van der Waals surface area contributed by atoms with Gasteiger partial charge >= 0.3 is 0 Å². The van der Waals surface area contributed by atoms with Gasteiger partial charge in [0, 0.05) is 16.8 Å². The first-order valence-electron chi connectivity index (χ1n) is 11.3. The lowest BCUT2D eigenvalue weighted by molar-refractivity contribution is -0.132. The smallest absolute Gasteiger partial charge is 0.300 e. The third kappa shape index (κ3) is 4.41. The number of aliphatic hydroxyl groups is 1. The third-order valence-corrected chi connectivity index (χ3v) is 5.95. The zero-order valence-electron chi connectivity index (χ0n) is 19.6. The first-order valence-corrected chi connectivity index (χ1v) is 11.3. The number of aliphatic hydroxyl groups excluding tert-OH is 1. The van der Waals surface area contributed by atoms with Crippen LogP contribution in [0, 0.1) is 11.6 Å². The largest absolute Gasteiger partial charge is 0.507 e. The molecule has 1 amide bonds. The van der Waals surface area contributed by atoms with Crippen molar-refractivity contribution in [3.63, 3.8) is 0 Å². The van der Waals surface area contributed by atoms with Crippen molar-refractivity contribution in [2.45, 2.75) is 32.7 Å². The first-order chi connectivity index (χ1) is 16.7. The maximum Gasteiger partial charge on any atom is 0.300 e. The summed E-state index contributed by atoms with van der Waals surface area (Å²) in [5, 5.41) is 11.3. The highest BCUT2D eigenvalue weighted by Crippen LogP contribution is 2.43. The van der Waals surface area contributed by atoms with Gasteiger partial charge in [-0.1, -0.05) is 32.0 Å². The summed E-state index contributed by atoms with van der Waals surface area (Å²) < 4.78 is 34.2. The minimum Gasteiger partial charge on any atom is -0.507 e. The Morgan fingerprint density at radius 1 is 1.03 bits per heavy atom. The standard InChI is InChI=1S/C28H25F2NO4/c1-4-35-23-14-9-17(15-21(23)16(2)3)26(32)24-25(20-7-5-6-8-22(20)30)31(28(34)27(24)33)19-12-10-18(29)11-13-19/h5-16,25,32H,4H2,1-3H3/b26-24+. The van der Waals surface area contributed by atoms with E-state index in [1.165, 1.54) is 30.3 Å². The van der Waals surface area contributed by atoms with E-state index >= 15 is 0 Å². The molecule has 1 N–H and O–H groups in total. The summed E-state index contributed by atoms with van der Waals surface area (Å²) in [5.74, 6) is -2.80. The van der Waals surface area contributed by atoms with Crippen molar-refractivity contribution in [3.8, 4) is 5.75 Å². The minimum atomic E-state index is -1.24. The van der Waals surface area contributed by atoms with Crippen LogP contribution < -0.4 is 9.64 Å². The number of anilines is 1. The molecule has 5 nitrogen and oxygen atoms in total. The van der Waals surface area contributed by atoms with E-state index in [2.05, 4.69) is 0 Å². The second-order valence-electron chi connectivity index (χ2n) is 8.51. The highest BCUT2D eigenvalue weighted by Gasteiger charge is 2.47. The van der Waals surface area contributed by atoms with Crippen LogP contribution >= 0.6 is 0 Å². The molecule has 0 saturated carbocycles. The molecular weight excluding hydrogens is 452 g/mol. The molecule has 4 rings (SSSR count). The van der Waals surface area contributed by atoms with Crippen molar-refractivity contribution < 1.29 is 28.2 Å². The van der Waals surface area contributed by atoms with E-state index in [-0.39, 0.29) is 22.7 Å². The number of rotatable bonds is 6. The van der Waals surface area contributed by atoms with Gasteiger partial charge in [0.15, 0.2) is 0 Å². The molecule has 3 aromatic rings. The number of nitrogens with zero attached hydrogens (tertiary/aromatic N) is 1. The van der Waals surface area contributed by atoms with Crippen LogP contribution in [0.5, 0.6) is 5.75 Å². The quantitative estimate of drug-likeness (QED) is 0.264. The molecule has 3 aromatic carbocycles. The first kappa shape index (κ1) is 24.1. The molecule has 0 aliphatic carbocycles. The summed E-state index contributed by atoms with van der Waals surface area (Å²) >= 11 is 0. The van der Waals surface area contributed by atoms with Gasteiger partial charge in [0.1, 0.15) is 23.1 Å². The Bertz CT molecular complexity index is 1310. The van der Waals surface area contributed by atoms with E-state index in [1.54, 1.807) is 24.3 Å². The normalized spacial score (nSPS) is 17.3. The van der Waals surface area contributed by atoms with Gasteiger partial charge in [-0.25, -0.2) is 8.78 Å². The van der Waals surface area contributed by atoms with Crippen LogP contribution in [-0.4, -0.2) is 23.4 Å². The number of amides is 1. The Morgan fingerprint density at radius 3 is 2.34 bits per heavy atom. The number of carbonyl (C=O) groups is 2. The molecule has 1 saturated heterocycles. The number of ketones is 1. The van der Waals surface area contributed by atoms with Crippen molar-refractivity contribution in [2.75, 3.05) is 11.5 Å². The van der Waals surface area contributed by atoms with E-state index in [0.717, 1.165) is 22.6 Å². The number of ether oxygens (including phenoxy) is 1. The molecule has 0 bridgehead atoms. The molecule has 1 aliphatic rings. The zero-order chi connectivity index (χ0) is 25.3. The lowest BCUT2D eigenvalue weighted by Gasteiger charge is -2.25. The monoisotopic (exact) mass is 477 g/mol. The molecule has 180 valence electrons. The molecule has 0 spiro atoms. The molecule has 1 fully saturated rings. The molecule has 35 heavy (non-hydrogen) atoms. The van der Waals surface area contributed by atoms with Crippen molar-refractivity contribution in [3.05, 3.63) is 101 Å². The summed E-state index contributed by atoms with van der Waals surface area (Å²) in [4.78, 5) is 27.5. The van der Waals surface area contributed by atoms with Crippen LogP contribution in [0.3, 0.4) is 0 Å². The number of hydrogen-bond acceptors (Lipinski definition) is 4. The van der Waals surface area contributed by atoms with Gasteiger partial charge in [0.2, 0.25) is 0 Å². The SMILES string of the molecule is CCOc1ccc(/C(O)=C2\C(=O)C(=O)N(c3ccc(F)cc3)C2c2ccccc2F)cc1C(C)C. The second kappa shape index (κ2) is 9.70. The van der Waals surface area contributed by atoms with Crippen molar-refractivity contribution in [2.24, 2.45) is 0 Å². The highest BCUT2D eigenvalue weighted by molar-refractivity contribution is 6.51. The molecular formula is C28H25F2NO4. The Kier molecular flexibility index (Phi) is 6.69. The molecule has 1 aliphatic heterocycles. The van der Waals surface area contributed by atoms with Gasteiger partial charge in [0.05, 0.1) is 18.2 Å². The number of benzene rings is 3. The Morgan fingerprint density at radius 2 is 1.71 bits per heavy atom.